The molecule has 0 radical (unpaired) electrons. The van der Waals surface area contributed by atoms with Gasteiger partial charge in [-0.05, 0) is 35.6 Å². The first-order valence-corrected chi connectivity index (χ1v) is 5.63. The first kappa shape index (κ1) is 13.5. The van der Waals surface area contributed by atoms with Crippen LogP contribution in [0.3, 0.4) is 0 Å². The van der Waals surface area contributed by atoms with Gasteiger partial charge in [0.25, 0.3) is 0 Å². The SMILES string of the molecule is Cc1cc(O)c(C(C)C)cc1C(N)CC(=O)O. The molecule has 1 aromatic rings. The van der Waals surface area contributed by atoms with Gasteiger partial charge in [-0.15, -0.1) is 0 Å². The van der Waals surface area contributed by atoms with Crippen molar-refractivity contribution in [2.24, 2.45) is 5.73 Å². The molecule has 0 aliphatic rings. The Labute approximate surface area is 101 Å². The highest BCUT2D eigenvalue weighted by Crippen LogP contribution is 2.31. The number of carboxylic acid groups (broad SMARTS) is 1. The highest BCUT2D eigenvalue weighted by Gasteiger charge is 2.16. The highest BCUT2D eigenvalue weighted by molar-refractivity contribution is 5.68. The molecular weight excluding hydrogens is 218 g/mol. The molecule has 17 heavy (non-hydrogen) atoms. The van der Waals surface area contributed by atoms with Crippen molar-refractivity contribution in [1.82, 2.24) is 0 Å². The lowest BCUT2D eigenvalue weighted by molar-refractivity contribution is -0.137. The number of phenolic OH excluding ortho intramolecular Hbond substituents is 1. The fraction of sp³-hybridized carbons (Fsp3) is 0.462. The molecule has 0 amide bonds. The molecule has 1 rings (SSSR count). The van der Waals surface area contributed by atoms with Crippen LogP contribution < -0.4 is 5.73 Å². The number of carbonyl (C=O) groups is 1. The Morgan fingerprint density at radius 3 is 2.41 bits per heavy atom. The second-order valence-electron chi connectivity index (χ2n) is 4.63. The van der Waals surface area contributed by atoms with Crippen LogP contribution in [-0.4, -0.2) is 16.2 Å². The van der Waals surface area contributed by atoms with E-state index in [0.29, 0.717) is 0 Å². The van der Waals surface area contributed by atoms with Gasteiger partial charge in [0, 0.05) is 6.04 Å². The Bertz CT molecular complexity index is 427. The van der Waals surface area contributed by atoms with E-state index in [2.05, 4.69) is 0 Å². The molecule has 0 aliphatic carbocycles. The number of rotatable bonds is 4. The Morgan fingerprint density at radius 1 is 1.35 bits per heavy atom. The average Bonchev–Trinajstić information content (AvgIpc) is 2.15. The molecule has 1 aromatic carbocycles. The summed E-state index contributed by atoms with van der Waals surface area (Å²) in [6.07, 6.45) is -0.108. The zero-order valence-corrected chi connectivity index (χ0v) is 10.4. The summed E-state index contributed by atoms with van der Waals surface area (Å²) in [5.41, 5.74) is 8.26. The fourth-order valence-corrected chi connectivity index (χ4v) is 1.89. The summed E-state index contributed by atoms with van der Waals surface area (Å²) >= 11 is 0. The van der Waals surface area contributed by atoms with Crippen LogP contribution in [0.2, 0.25) is 0 Å². The van der Waals surface area contributed by atoms with Crippen LogP contribution in [0.1, 0.15) is 48.9 Å². The molecule has 1 atom stereocenters. The van der Waals surface area contributed by atoms with Crippen molar-refractivity contribution in [3.8, 4) is 5.75 Å². The normalized spacial score (nSPS) is 12.8. The van der Waals surface area contributed by atoms with Crippen LogP contribution in [0.15, 0.2) is 12.1 Å². The quantitative estimate of drug-likeness (QED) is 0.750. The van der Waals surface area contributed by atoms with E-state index in [1.54, 1.807) is 6.07 Å². The smallest absolute Gasteiger partial charge is 0.305 e. The third-order valence-electron chi connectivity index (χ3n) is 2.83. The summed E-state index contributed by atoms with van der Waals surface area (Å²) in [6.45, 7) is 5.76. The summed E-state index contributed by atoms with van der Waals surface area (Å²) < 4.78 is 0. The summed E-state index contributed by atoms with van der Waals surface area (Å²) in [5.74, 6) is -0.508. The Kier molecular flexibility index (Phi) is 4.12. The van der Waals surface area contributed by atoms with E-state index >= 15 is 0 Å². The maximum absolute atomic E-state index is 10.7. The first-order chi connectivity index (χ1) is 7.82. The molecule has 4 N–H and O–H groups in total. The van der Waals surface area contributed by atoms with Crippen LogP contribution in [0.5, 0.6) is 5.75 Å². The molecule has 0 saturated heterocycles. The van der Waals surface area contributed by atoms with Crippen molar-refractivity contribution >= 4 is 5.97 Å². The van der Waals surface area contributed by atoms with E-state index < -0.39 is 12.0 Å². The van der Waals surface area contributed by atoms with Gasteiger partial charge in [0.15, 0.2) is 0 Å². The molecule has 0 fully saturated rings. The fourth-order valence-electron chi connectivity index (χ4n) is 1.89. The maximum atomic E-state index is 10.7. The standard InChI is InChI=1S/C13H19NO3/c1-7(2)9-5-10(8(3)4-12(9)15)11(14)6-13(16)17/h4-5,7,11,15H,6,14H2,1-3H3,(H,16,17). The van der Waals surface area contributed by atoms with E-state index in [1.807, 2.05) is 26.8 Å². The minimum Gasteiger partial charge on any atom is -0.508 e. The van der Waals surface area contributed by atoms with Crippen LogP contribution in [0.4, 0.5) is 0 Å². The average molecular weight is 237 g/mol. The van der Waals surface area contributed by atoms with Gasteiger partial charge in [-0.1, -0.05) is 19.9 Å². The minimum atomic E-state index is -0.920. The summed E-state index contributed by atoms with van der Waals surface area (Å²) in [5, 5.41) is 18.5. The van der Waals surface area contributed by atoms with Crippen LogP contribution in [0.25, 0.3) is 0 Å². The van der Waals surface area contributed by atoms with Gasteiger partial charge in [-0.25, -0.2) is 0 Å². The first-order valence-electron chi connectivity index (χ1n) is 5.63. The molecule has 0 aromatic heterocycles. The van der Waals surface area contributed by atoms with Gasteiger partial charge in [0.1, 0.15) is 5.75 Å². The summed E-state index contributed by atoms with van der Waals surface area (Å²) in [7, 11) is 0. The van der Waals surface area contributed by atoms with Gasteiger partial charge in [0.2, 0.25) is 0 Å². The summed E-state index contributed by atoms with van der Waals surface area (Å²) in [4.78, 5) is 10.7. The third-order valence-corrected chi connectivity index (χ3v) is 2.83. The number of nitrogens with two attached hydrogens (primary N) is 1. The lowest BCUT2D eigenvalue weighted by atomic mass is 9.92. The van der Waals surface area contributed by atoms with Gasteiger partial charge in [0.05, 0.1) is 6.42 Å². The number of benzene rings is 1. The molecular formula is C13H19NO3. The lowest BCUT2D eigenvalue weighted by Crippen LogP contribution is -2.16. The Morgan fingerprint density at radius 2 is 1.94 bits per heavy atom. The molecule has 1 unspecified atom stereocenters. The van der Waals surface area contributed by atoms with E-state index in [0.717, 1.165) is 16.7 Å². The number of carboxylic acids is 1. The Balaban J connectivity index is 3.15. The largest absolute Gasteiger partial charge is 0.508 e. The number of aliphatic carboxylic acids is 1. The molecule has 0 bridgehead atoms. The third kappa shape index (κ3) is 3.20. The number of aromatic hydroxyl groups is 1. The monoisotopic (exact) mass is 237 g/mol. The number of hydrogen-bond acceptors (Lipinski definition) is 3. The van der Waals surface area contributed by atoms with Crippen LogP contribution in [0, 0.1) is 6.92 Å². The van der Waals surface area contributed by atoms with E-state index in [4.69, 9.17) is 10.8 Å². The van der Waals surface area contributed by atoms with Crippen molar-refractivity contribution in [2.45, 2.75) is 39.2 Å². The second-order valence-corrected chi connectivity index (χ2v) is 4.63. The molecule has 94 valence electrons. The zero-order valence-electron chi connectivity index (χ0n) is 10.4. The molecule has 4 nitrogen and oxygen atoms in total. The highest BCUT2D eigenvalue weighted by atomic mass is 16.4. The maximum Gasteiger partial charge on any atom is 0.305 e. The Hall–Kier alpha value is -1.55. The van der Waals surface area contributed by atoms with E-state index in [9.17, 15) is 9.90 Å². The van der Waals surface area contributed by atoms with Crippen molar-refractivity contribution in [2.75, 3.05) is 0 Å². The molecule has 0 spiro atoms. The number of phenols is 1. The predicted octanol–water partition coefficient (Wildman–Crippen LogP) is 2.30. The van der Waals surface area contributed by atoms with Gasteiger partial charge in [-0.3, -0.25) is 4.79 Å². The second kappa shape index (κ2) is 5.19. The molecule has 4 heteroatoms. The zero-order chi connectivity index (χ0) is 13.2. The van der Waals surface area contributed by atoms with Crippen molar-refractivity contribution in [3.05, 3.63) is 28.8 Å². The van der Waals surface area contributed by atoms with E-state index in [1.165, 1.54) is 0 Å². The number of hydrogen-bond donors (Lipinski definition) is 3. The molecule has 0 aliphatic heterocycles. The summed E-state index contributed by atoms with van der Waals surface area (Å²) in [6, 6.07) is 2.92. The molecule has 0 heterocycles. The minimum absolute atomic E-state index is 0.108. The topological polar surface area (TPSA) is 83.5 Å². The molecule has 0 saturated carbocycles. The predicted molar refractivity (Wildman–Crippen MR) is 66.1 cm³/mol. The van der Waals surface area contributed by atoms with Crippen LogP contribution in [-0.2, 0) is 4.79 Å². The van der Waals surface area contributed by atoms with Gasteiger partial charge in [-0.2, -0.15) is 0 Å². The van der Waals surface area contributed by atoms with Crippen molar-refractivity contribution < 1.29 is 15.0 Å². The van der Waals surface area contributed by atoms with Crippen LogP contribution >= 0.6 is 0 Å². The van der Waals surface area contributed by atoms with E-state index in [-0.39, 0.29) is 18.1 Å². The van der Waals surface area contributed by atoms with Crippen molar-refractivity contribution in [1.29, 1.82) is 0 Å². The van der Waals surface area contributed by atoms with Crippen molar-refractivity contribution in [3.63, 3.8) is 0 Å². The van der Waals surface area contributed by atoms with Gasteiger partial charge >= 0.3 is 5.97 Å². The number of aryl methyl sites for hydroxylation is 1. The lowest BCUT2D eigenvalue weighted by Gasteiger charge is -2.17. The van der Waals surface area contributed by atoms with Gasteiger partial charge < -0.3 is 15.9 Å².